The monoisotopic (exact) mass is 352 g/mol. The maximum absolute atomic E-state index is 12.5. The Labute approximate surface area is 156 Å². The molecule has 0 bridgehead atoms. The van der Waals surface area contributed by atoms with Crippen molar-refractivity contribution in [1.29, 1.82) is 0 Å². The zero-order chi connectivity index (χ0) is 18.2. The van der Waals surface area contributed by atoms with E-state index in [9.17, 15) is 4.79 Å². The van der Waals surface area contributed by atoms with Crippen molar-refractivity contribution >= 4 is 5.91 Å². The predicted octanol–water partition coefficient (Wildman–Crippen LogP) is 3.61. The number of piperidine rings is 1. The molecule has 0 unspecified atom stereocenters. The Hall–Kier alpha value is -2.33. The average molecular weight is 352 g/mol. The minimum Gasteiger partial charge on any atom is -0.494 e. The number of ether oxygens (including phenoxy) is 1. The van der Waals surface area contributed by atoms with Gasteiger partial charge in [0.1, 0.15) is 5.75 Å². The van der Waals surface area contributed by atoms with Crippen LogP contribution in [0.3, 0.4) is 0 Å². The van der Waals surface area contributed by atoms with Crippen LogP contribution in [0.4, 0.5) is 0 Å². The molecule has 0 aromatic heterocycles. The SMILES string of the molecule is CCOc1cccc(CNC(=O)C2CCN(Cc3ccccc3)CC2)c1. The highest BCUT2D eigenvalue weighted by Gasteiger charge is 2.24. The zero-order valence-corrected chi connectivity index (χ0v) is 15.5. The van der Waals surface area contributed by atoms with Gasteiger partial charge in [0.05, 0.1) is 6.61 Å². The summed E-state index contributed by atoms with van der Waals surface area (Å²) < 4.78 is 5.51. The van der Waals surface area contributed by atoms with Gasteiger partial charge >= 0.3 is 0 Å². The van der Waals surface area contributed by atoms with Crippen LogP contribution >= 0.6 is 0 Å². The topological polar surface area (TPSA) is 41.6 Å². The summed E-state index contributed by atoms with van der Waals surface area (Å²) in [5.74, 6) is 1.15. The number of hydrogen-bond acceptors (Lipinski definition) is 3. The van der Waals surface area contributed by atoms with Crippen LogP contribution < -0.4 is 10.1 Å². The molecule has 1 heterocycles. The Morgan fingerprint density at radius 1 is 1.08 bits per heavy atom. The molecule has 1 N–H and O–H groups in total. The number of hydrogen-bond donors (Lipinski definition) is 1. The Bertz CT molecular complexity index is 694. The summed E-state index contributed by atoms with van der Waals surface area (Å²) in [6, 6.07) is 18.4. The number of benzene rings is 2. The van der Waals surface area contributed by atoms with Gasteiger partial charge in [-0.2, -0.15) is 0 Å². The molecule has 2 aromatic carbocycles. The van der Waals surface area contributed by atoms with E-state index in [1.807, 2.05) is 37.3 Å². The van der Waals surface area contributed by atoms with Crippen LogP contribution in [0.1, 0.15) is 30.9 Å². The number of likely N-dealkylation sites (tertiary alicyclic amines) is 1. The van der Waals surface area contributed by atoms with E-state index in [4.69, 9.17) is 4.74 Å². The van der Waals surface area contributed by atoms with E-state index in [-0.39, 0.29) is 11.8 Å². The van der Waals surface area contributed by atoms with Crippen molar-refractivity contribution in [2.24, 2.45) is 5.92 Å². The first-order chi connectivity index (χ1) is 12.7. The quantitative estimate of drug-likeness (QED) is 0.828. The van der Waals surface area contributed by atoms with E-state index in [1.54, 1.807) is 0 Å². The molecule has 0 radical (unpaired) electrons. The summed E-state index contributed by atoms with van der Waals surface area (Å²) >= 11 is 0. The summed E-state index contributed by atoms with van der Waals surface area (Å²) in [6.07, 6.45) is 1.86. The highest BCUT2D eigenvalue weighted by molar-refractivity contribution is 5.78. The highest BCUT2D eigenvalue weighted by Crippen LogP contribution is 2.20. The predicted molar refractivity (Wildman–Crippen MR) is 104 cm³/mol. The first-order valence-electron chi connectivity index (χ1n) is 9.50. The molecular formula is C22H28N2O2. The summed E-state index contributed by atoms with van der Waals surface area (Å²) in [6.45, 7) is 6.11. The van der Waals surface area contributed by atoms with Crippen LogP contribution in [0.15, 0.2) is 54.6 Å². The molecule has 0 spiro atoms. The van der Waals surface area contributed by atoms with E-state index < -0.39 is 0 Å². The fourth-order valence-corrected chi connectivity index (χ4v) is 3.44. The summed E-state index contributed by atoms with van der Waals surface area (Å²) in [4.78, 5) is 14.9. The lowest BCUT2D eigenvalue weighted by atomic mass is 9.95. The number of carbonyl (C=O) groups excluding carboxylic acids is 1. The van der Waals surface area contributed by atoms with Crippen LogP contribution in [0.2, 0.25) is 0 Å². The molecule has 2 aromatic rings. The van der Waals surface area contributed by atoms with Crippen molar-refractivity contribution in [2.75, 3.05) is 19.7 Å². The second-order valence-electron chi connectivity index (χ2n) is 6.83. The van der Waals surface area contributed by atoms with Gasteiger partial charge in [-0.15, -0.1) is 0 Å². The third-order valence-electron chi connectivity index (χ3n) is 4.88. The van der Waals surface area contributed by atoms with Gasteiger partial charge in [0, 0.05) is 19.0 Å². The lowest BCUT2D eigenvalue weighted by Gasteiger charge is -2.31. The van der Waals surface area contributed by atoms with E-state index >= 15 is 0 Å². The molecule has 1 amide bonds. The molecule has 0 aliphatic carbocycles. The molecule has 26 heavy (non-hydrogen) atoms. The first-order valence-corrected chi connectivity index (χ1v) is 9.50. The van der Waals surface area contributed by atoms with Gasteiger partial charge in [-0.25, -0.2) is 0 Å². The van der Waals surface area contributed by atoms with Gasteiger partial charge in [-0.3, -0.25) is 9.69 Å². The molecular weight excluding hydrogens is 324 g/mol. The van der Waals surface area contributed by atoms with Crippen molar-refractivity contribution < 1.29 is 9.53 Å². The molecule has 4 nitrogen and oxygen atoms in total. The number of nitrogens with one attached hydrogen (secondary N) is 1. The Balaban J connectivity index is 1.43. The molecule has 0 saturated carbocycles. The molecule has 1 aliphatic rings. The summed E-state index contributed by atoms with van der Waals surface area (Å²) in [5.41, 5.74) is 2.41. The van der Waals surface area contributed by atoms with Gasteiger partial charge in [0.25, 0.3) is 0 Å². The number of carbonyl (C=O) groups is 1. The van der Waals surface area contributed by atoms with Gasteiger partial charge in [-0.05, 0) is 56.1 Å². The lowest BCUT2D eigenvalue weighted by Crippen LogP contribution is -2.40. The van der Waals surface area contributed by atoms with Crippen LogP contribution in [0.25, 0.3) is 0 Å². The fraction of sp³-hybridized carbons (Fsp3) is 0.409. The van der Waals surface area contributed by atoms with E-state index in [2.05, 4.69) is 34.5 Å². The number of nitrogens with zero attached hydrogens (tertiary/aromatic N) is 1. The standard InChI is InChI=1S/C22H28N2O2/c1-2-26-21-10-6-9-19(15-21)16-23-22(25)20-11-13-24(14-12-20)17-18-7-4-3-5-8-18/h3-10,15,20H,2,11-14,16-17H2,1H3,(H,23,25). The number of rotatable bonds is 7. The van der Waals surface area contributed by atoms with Crippen LogP contribution in [0, 0.1) is 5.92 Å². The molecule has 138 valence electrons. The van der Waals surface area contributed by atoms with Crippen molar-refractivity contribution in [1.82, 2.24) is 10.2 Å². The van der Waals surface area contributed by atoms with Gasteiger partial charge in [0.15, 0.2) is 0 Å². The molecule has 1 saturated heterocycles. The third-order valence-corrected chi connectivity index (χ3v) is 4.88. The minimum absolute atomic E-state index is 0.122. The smallest absolute Gasteiger partial charge is 0.223 e. The second kappa shape index (κ2) is 9.39. The summed E-state index contributed by atoms with van der Waals surface area (Å²) in [5, 5.41) is 3.09. The van der Waals surface area contributed by atoms with Crippen molar-refractivity contribution in [3.63, 3.8) is 0 Å². The van der Waals surface area contributed by atoms with E-state index in [1.165, 1.54) is 5.56 Å². The maximum Gasteiger partial charge on any atom is 0.223 e. The second-order valence-corrected chi connectivity index (χ2v) is 6.83. The summed E-state index contributed by atoms with van der Waals surface area (Å²) in [7, 11) is 0. The van der Waals surface area contributed by atoms with Gasteiger partial charge in [0.2, 0.25) is 5.91 Å². The molecule has 1 fully saturated rings. The largest absolute Gasteiger partial charge is 0.494 e. The molecule has 4 heteroatoms. The normalized spacial score (nSPS) is 15.6. The van der Waals surface area contributed by atoms with Crippen molar-refractivity contribution in [3.05, 3.63) is 65.7 Å². The van der Waals surface area contributed by atoms with Crippen molar-refractivity contribution in [2.45, 2.75) is 32.9 Å². The van der Waals surface area contributed by atoms with E-state index in [0.29, 0.717) is 13.2 Å². The third kappa shape index (κ3) is 5.33. The Morgan fingerprint density at radius 2 is 1.81 bits per heavy atom. The molecule has 1 aliphatic heterocycles. The Morgan fingerprint density at radius 3 is 2.54 bits per heavy atom. The molecule has 0 atom stereocenters. The minimum atomic E-state index is 0.122. The van der Waals surface area contributed by atoms with Crippen LogP contribution in [-0.4, -0.2) is 30.5 Å². The van der Waals surface area contributed by atoms with Gasteiger partial charge in [-0.1, -0.05) is 42.5 Å². The maximum atomic E-state index is 12.5. The lowest BCUT2D eigenvalue weighted by molar-refractivity contribution is -0.126. The van der Waals surface area contributed by atoms with Crippen molar-refractivity contribution in [3.8, 4) is 5.75 Å². The zero-order valence-electron chi connectivity index (χ0n) is 15.5. The average Bonchev–Trinajstić information content (AvgIpc) is 2.68. The fourth-order valence-electron chi connectivity index (χ4n) is 3.44. The van der Waals surface area contributed by atoms with E-state index in [0.717, 1.165) is 43.8 Å². The first kappa shape index (κ1) is 18.5. The van der Waals surface area contributed by atoms with Gasteiger partial charge < -0.3 is 10.1 Å². The number of amides is 1. The van der Waals surface area contributed by atoms with Crippen LogP contribution in [0.5, 0.6) is 5.75 Å². The Kier molecular flexibility index (Phi) is 6.67. The highest BCUT2D eigenvalue weighted by atomic mass is 16.5. The van der Waals surface area contributed by atoms with Crippen LogP contribution in [-0.2, 0) is 17.9 Å². The molecule has 3 rings (SSSR count).